The highest BCUT2D eigenvalue weighted by Gasteiger charge is 2.35. The van der Waals surface area contributed by atoms with Gasteiger partial charge in [0, 0.05) is 31.5 Å². The molecule has 0 spiro atoms. The lowest BCUT2D eigenvalue weighted by atomic mass is 9.78. The predicted octanol–water partition coefficient (Wildman–Crippen LogP) is 2.60. The van der Waals surface area contributed by atoms with Gasteiger partial charge in [0.15, 0.2) is 11.5 Å². The average Bonchev–Trinajstić information content (AvgIpc) is 2.44. The number of anilines is 1. The second-order valence-corrected chi connectivity index (χ2v) is 6.31. The fraction of sp³-hybridized carbons (Fsp3) is 0.667. The summed E-state index contributed by atoms with van der Waals surface area (Å²) < 4.78 is 5.96. The van der Waals surface area contributed by atoms with Gasteiger partial charge in [0.1, 0.15) is 6.07 Å². The van der Waals surface area contributed by atoms with E-state index in [2.05, 4.69) is 42.1 Å². The maximum absolute atomic E-state index is 9.02. The molecule has 2 atom stereocenters. The molecular formula is C15H22N4O. The van der Waals surface area contributed by atoms with Crippen LogP contribution in [-0.2, 0) is 4.74 Å². The van der Waals surface area contributed by atoms with Gasteiger partial charge in [-0.2, -0.15) is 5.26 Å². The Kier molecular flexibility index (Phi) is 4.56. The number of nitrogens with one attached hydrogen (secondary N) is 1. The highest BCUT2D eigenvalue weighted by molar-refractivity contribution is 5.46. The average molecular weight is 274 g/mol. The Balaban J connectivity index is 2.03. The lowest BCUT2D eigenvalue weighted by molar-refractivity contribution is -0.0814. The van der Waals surface area contributed by atoms with Crippen molar-refractivity contribution in [3.05, 3.63) is 18.1 Å². The molecule has 0 bridgehead atoms. The first-order chi connectivity index (χ1) is 9.52. The molecule has 0 radical (unpaired) electrons. The van der Waals surface area contributed by atoms with Crippen molar-refractivity contribution in [1.29, 1.82) is 5.26 Å². The minimum Gasteiger partial charge on any atom is -0.377 e. The number of rotatable bonds is 3. The summed E-state index contributed by atoms with van der Waals surface area (Å²) in [5, 5.41) is 12.3. The van der Waals surface area contributed by atoms with Gasteiger partial charge in [0.25, 0.3) is 0 Å². The Hall–Kier alpha value is -1.67. The van der Waals surface area contributed by atoms with E-state index in [1.807, 2.05) is 0 Å². The molecule has 0 aromatic carbocycles. The summed E-state index contributed by atoms with van der Waals surface area (Å²) in [5.41, 5.74) is 0.462. The molecule has 20 heavy (non-hydrogen) atoms. The molecule has 1 aliphatic rings. The number of aromatic nitrogens is 2. The van der Waals surface area contributed by atoms with Crippen LogP contribution in [0.1, 0.15) is 39.3 Å². The number of hydrogen-bond donors (Lipinski definition) is 1. The van der Waals surface area contributed by atoms with Gasteiger partial charge in [-0.1, -0.05) is 20.8 Å². The first-order valence-electron chi connectivity index (χ1n) is 7.09. The first kappa shape index (κ1) is 14.7. The lowest BCUT2D eigenvalue weighted by Crippen LogP contribution is -2.42. The maximum Gasteiger partial charge on any atom is 0.182 e. The zero-order valence-corrected chi connectivity index (χ0v) is 12.4. The van der Waals surface area contributed by atoms with Crippen LogP contribution in [0.3, 0.4) is 0 Å². The minimum atomic E-state index is 0.118. The molecule has 0 saturated carbocycles. The van der Waals surface area contributed by atoms with Crippen molar-refractivity contribution in [3.63, 3.8) is 0 Å². The topological polar surface area (TPSA) is 70.8 Å². The van der Waals surface area contributed by atoms with Crippen molar-refractivity contribution in [2.24, 2.45) is 11.3 Å². The van der Waals surface area contributed by atoms with Gasteiger partial charge in [-0.3, -0.25) is 0 Å². The summed E-state index contributed by atoms with van der Waals surface area (Å²) >= 11 is 0. The molecule has 1 fully saturated rings. The van der Waals surface area contributed by atoms with Crippen molar-refractivity contribution >= 4 is 5.82 Å². The highest BCUT2D eigenvalue weighted by Crippen LogP contribution is 2.34. The zero-order valence-electron chi connectivity index (χ0n) is 12.4. The molecule has 2 rings (SSSR count). The molecule has 2 heterocycles. The van der Waals surface area contributed by atoms with E-state index in [0.717, 1.165) is 26.0 Å². The van der Waals surface area contributed by atoms with Crippen molar-refractivity contribution in [3.8, 4) is 6.07 Å². The Labute approximate surface area is 120 Å². The number of nitriles is 1. The summed E-state index contributed by atoms with van der Waals surface area (Å²) in [6.45, 7) is 8.22. The number of ether oxygens (including phenoxy) is 1. The van der Waals surface area contributed by atoms with E-state index < -0.39 is 0 Å². The molecular weight excluding hydrogens is 252 g/mol. The van der Waals surface area contributed by atoms with Crippen LogP contribution in [-0.4, -0.2) is 29.2 Å². The van der Waals surface area contributed by atoms with Crippen LogP contribution in [0.15, 0.2) is 12.4 Å². The van der Waals surface area contributed by atoms with E-state index in [1.54, 1.807) is 6.20 Å². The van der Waals surface area contributed by atoms with Crippen LogP contribution in [0.2, 0.25) is 0 Å². The Morgan fingerprint density at radius 2 is 2.15 bits per heavy atom. The second kappa shape index (κ2) is 6.19. The van der Waals surface area contributed by atoms with Gasteiger partial charge in [-0.05, 0) is 18.3 Å². The van der Waals surface area contributed by atoms with E-state index in [-0.39, 0.29) is 11.5 Å². The van der Waals surface area contributed by atoms with Crippen molar-refractivity contribution in [2.45, 2.75) is 39.7 Å². The first-order valence-corrected chi connectivity index (χ1v) is 7.09. The second-order valence-electron chi connectivity index (χ2n) is 6.31. The third-order valence-electron chi connectivity index (χ3n) is 3.63. The van der Waals surface area contributed by atoms with Crippen molar-refractivity contribution < 1.29 is 4.74 Å². The van der Waals surface area contributed by atoms with Crippen LogP contribution < -0.4 is 5.32 Å². The quantitative estimate of drug-likeness (QED) is 0.917. The normalized spacial score (nSPS) is 23.1. The molecule has 1 N–H and O–H groups in total. The van der Waals surface area contributed by atoms with Crippen molar-refractivity contribution in [1.82, 2.24) is 9.97 Å². The van der Waals surface area contributed by atoms with Crippen LogP contribution in [0.4, 0.5) is 5.82 Å². The van der Waals surface area contributed by atoms with Crippen LogP contribution in [0.25, 0.3) is 0 Å². The largest absolute Gasteiger partial charge is 0.377 e. The van der Waals surface area contributed by atoms with Gasteiger partial charge < -0.3 is 10.1 Å². The van der Waals surface area contributed by atoms with E-state index in [0.29, 0.717) is 17.4 Å². The Morgan fingerprint density at radius 1 is 1.40 bits per heavy atom. The molecule has 1 saturated heterocycles. The monoisotopic (exact) mass is 274 g/mol. The zero-order chi connectivity index (χ0) is 14.6. The van der Waals surface area contributed by atoms with Crippen LogP contribution >= 0.6 is 0 Å². The van der Waals surface area contributed by atoms with Crippen molar-refractivity contribution in [2.75, 3.05) is 18.5 Å². The van der Waals surface area contributed by atoms with E-state index in [1.165, 1.54) is 6.20 Å². The van der Waals surface area contributed by atoms with Gasteiger partial charge in [-0.15, -0.1) is 0 Å². The summed E-state index contributed by atoms with van der Waals surface area (Å²) in [4.78, 5) is 8.20. The molecule has 0 unspecified atom stereocenters. The number of hydrogen-bond acceptors (Lipinski definition) is 5. The van der Waals surface area contributed by atoms with Crippen LogP contribution in [0, 0.1) is 22.7 Å². The van der Waals surface area contributed by atoms with Gasteiger partial charge in [0.2, 0.25) is 0 Å². The van der Waals surface area contributed by atoms with Gasteiger partial charge in [-0.25, -0.2) is 9.97 Å². The summed E-state index contributed by atoms with van der Waals surface area (Å²) in [7, 11) is 0. The molecule has 108 valence electrons. The fourth-order valence-electron chi connectivity index (χ4n) is 2.79. The third-order valence-corrected chi connectivity index (χ3v) is 3.63. The third kappa shape index (κ3) is 3.45. The highest BCUT2D eigenvalue weighted by atomic mass is 16.5. The van der Waals surface area contributed by atoms with Gasteiger partial charge in [0.05, 0.1) is 6.10 Å². The Bertz CT molecular complexity index is 489. The molecule has 1 aromatic heterocycles. The molecule has 0 aliphatic carbocycles. The smallest absolute Gasteiger partial charge is 0.182 e. The molecule has 5 nitrogen and oxygen atoms in total. The maximum atomic E-state index is 9.02. The summed E-state index contributed by atoms with van der Waals surface area (Å²) in [6, 6.07) is 2.06. The molecule has 1 aromatic rings. The Morgan fingerprint density at radius 3 is 2.85 bits per heavy atom. The molecule has 1 aliphatic heterocycles. The fourth-order valence-corrected chi connectivity index (χ4v) is 2.79. The standard InChI is InChI=1S/C15H22N4O/c1-15(2,3)13-11(5-4-8-20-13)10-19-14-12(9-16)17-6-7-18-14/h6-7,11,13H,4-5,8,10H2,1-3H3,(H,18,19)/t11-,13+/m1/s1. The molecule has 5 heteroatoms. The predicted molar refractivity (Wildman–Crippen MR) is 77.2 cm³/mol. The van der Waals surface area contributed by atoms with Crippen LogP contribution in [0.5, 0.6) is 0 Å². The van der Waals surface area contributed by atoms with Gasteiger partial charge >= 0.3 is 0 Å². The lowest BCUT2D eigenvalue weighted by Gasteiger charge is -2.40. The number of nitrogens with zero attached hydrogens (tertiary/aromatic N) is 3. The molecule has 0 amide bonds. The van der Waals surface area contributed by atoms with E-state index in [4.69, 9.17) is 10.00 Å². The SMILES string of the molecule is CC(C)(C)[C@H]1OCCC[C@@H]1CNc1nccnc1C#N. The van der Waals surface area contributed by atoms with E-state index >= 15 is 0 Å². The summed E-state index contributed by atoms with van der Waals surface area (Å²) in [6.07, 6.45) is 5.58. The van der Waals surface area contributed by atoms with E-state index in [9.17, 15) is 0 Å². The summed E-state index contributed by atoms with van der Waals surface area (Å²) in [5.74, 6) is 0.991. The minimum absolute atomic E-state index is 0.118.